The summed E-state index contributed by atoms with van der Waals surface area (Å²) in [6, 6.07) is 7.10. The lowest BCUT2D eigenvalue weighted by molar-refractivity contribution is -0.130. The Morgan fingerprint density at radius 2 is 1.83 bits per heavy atom. The van der Waals surface area contributed by atoms with Crippen LogP contribution in [0, 0.1) is 0 Å². The van der Waals surface area contributed by atoms with E-state index in [1.54, 1.807) is 29.4 Å². The third kappa shape index (κ3) is 3.94. The Hall–Kier alpha value is -2.35. The predicted molar refractivity (Wildman–Crippen MR) is 91.8 cm³/mol. The number of rotatable bonds is 4. The average molecular weight is 393 g/mol. The summed E-state index contributed by atoms with van der Waals surface area (Å²) in [5.74, 6) is -0.315. The standard InChI is InChI=1S/C16H17BrN4O3/c17-14-2-1-13(24-14)16(23)19-11-15(22)21-9-7-20(8-10-21)12-3-5-18-6-4-12/h1-6H,7-11H2,(H,19,23). The first-order valence-corrected chi connectivity index (χ1v) is 8.39. The summed E-state index contributed by atoms with van der Waals surface area (Å²) in [4.78, 5) is 32.1. The lowest BCUT2D eigenvalue weighted by Crippen LogP contribution is -2.51. The number of nitrogens with zero attached hydrogens (tertiary/aromatic N) is 3. The van der Waals surface area contributed by atoms with Crippen LogP contribution in [0.25, 0.3) is 0 Å². The van der Waals surface area contributed by atoms with Gasteiger partial charge in [-0.2, -0.15) is 0 Å². The number of halogens is 1. The smallest absolute Gasteiger partial charge is 0.287 e. The van der Waals surface area contributed by atoms with Gasteiger partial charge in [0, 0.05) is 44.3 Å². The highest BCUT2D eigenvalue weighted by Crippen LogP contribution is 2.15. The molecular formula is C16H17BrN4O3. The third-order valence-corrected chi connectivity index (χ3v) is 4.28. The van der Waals surface area contributed by atoms with Gasteiger partial charge in [-0.1, -0.05) is 0 Å². The van der Waals surface area contributed by atoms with Gasteiger partial charge < -0.3 is 19.5 Å². The zero-order valence-electron chi connectivity index (χ0n) is 12.9. The van der Waals surface area contributed by atoms with Gasteiger partial charge in [0.2, 0.25) is 5.91 Å². The molecule has 24 heavy (non-hydrogen) atoms. The number of aromatic nitrogens is 1. The van der Waals surface area contributed by atoms with Crippen LogP contribution >= 0.6 is 15.9 Å². The Balaban J connectivity index is 1.46. The molecule has 0 atom stereocenters. The molecular weight excluding hydrogens is 376 g/mol. The van der Waals surface area contributed by atoms with Gasteiger partial charge in [0.15, 0.2) is 10.4 Å². The van der Waals surface area contributed by atoms with Crippen LogP contribution in [0.1, 0.15) is 10.6 Å². The van der Waals surface area contributed by atoms with Gasteiger partial charge in [-0.05, 0) is 40.2 Å². The topological polar surface area (TPSA) is 78.7 Å². The molecule has 0 bridgehead atoms. The van der Waals surface area contributed by atoms with Gasteiger partial charge in [-0.25, -0.2) is 0 Å². The molecule has 0 aliphatic carbocycles. The fourth-order valence-electron chi connectivity index (χ4n) is 2.56. The number of piperazine rings is 1. The number of hydrogen-bond donors (Lipinski definition) is 1. The van der Waals surface area contributed by atoms with E-state index in [2.05, 4.69) is 31.1 Å². The molecule has 3 rings (SSSR count). The monoisotopic (exact) mass is 392 g/mol. The van der Waals surface area contributed by atoms with Crippen molar-refractivity contribution in [3.05, 3.63) is 47.1 Å². The summed E-state index contributed by atoms with van der Waals surface area (Å²) in [6.45, 7) is 2.74. The minimum Gasteiger partial charge on any atom is -0.444 e. The van der Waals surface area contributed by atoms with Crippen molar-refractivity contribution in [2.75, 3.05) is 37.6 Å². The molecule has 1 aliphatic rings. The van der Waals surface area contributed by atoms with Crippen LogP contribution in [0.15, 0.2) is 45.7 Å². The number of carbonyl (C=O) groups excluding carboxylic acids is 2. The van der Waals surface area contributed by atoms with E-state index >= 15 is 0 Å². The van der Waals surface area contributed by atoms with E-state index in [9.17, 15) is 9.59 Å². The van der Waals surface area contributed by atoms with Gasteiger partial charge in [0.1, 0.15) is 0 Å². The highest BCUT2D eigenvalue weighted by molar-refractivity contribution is 9.10. The molecule has 1 fully saturated rings. The Bertz CT molecular complexity index is 711. The number of amides is 2. The van der Waals surface area contributed by atoms with E-state index in [1.807, 2.05) is 12.1 Å². The first kappa shape index (κ1) is 16.5. The highest BCUT2D eigenvalue weighted by Gasteiger charge is 2.22. The summed E-state index contributed by atoms with van der Waals surface area (Å²) >= 11 is 3.14. The molecule has 0 saturated carbocycles. The molecule has 1 aliphatic heterocycles. The van der Waals surface area contributed by atoms with Gasteiger partial charge in [0.05, 0.1) is 6.54 Å². The van der Waals surface area contributed by atoms with Crippen molar-refractivity contribution in [1.82, 2.24) is 15.2 Å². The minimum absolute atomic E-state index is 0.0353. The zero-order chi connectivity index (χ0) is 16.9. The molecule has 0 unspecified atom stereocenters. The number of anilines is 1. The Morgan fingerprint density at radius 3 is 2.46 bits per heavy atom. The van der Waals surface area contributed by atoms with Crippen LogP contribution < -0.4 is 10.2 Å². The maximum atomic E-state index is 12.2. The van der Waals surface area contributed by atoms with E-state index < -0.39 is 5.91 Å². The van der Waals surface area contributed by atoms with Gasteiger partial charge in [-0.3, -0.25) is 14.6 Å². The SMILES string of the molecule is O=C(NCC(=O)N1CCN(c2ccncc2)CC1)c1ccc(Br)o1. The largest absolute Gasteiger partial charge is 0.444 e. The molecule has 7 nitrogen and oxygen atoms in total. The lowest BCUT2D eigenvalue weighted by Gasteiger charge is -2.36. The first-order valence-electron chi connectivity index (χ1n) is 7.60. The van der Waals surface area contributed by atoms with Crippen LogP contribution in [-0.4, -0.2) is 54.4 Å². The molecule has 1 saturated heterocycles. The van der Waals surface area contributed by atoms with Gasteiger partial charge >= 0.3 is 0 Å². The molecule has 0 spiro atoms. The third-order valence-electron chi connectivity index (χ3n) is 3.86. The number of hydrogen-bond acceptors (Lipinski definition) is 5. The number of furan rings is 1. The van der Waals surface area contributed by atoms with Crippen molar-refractivity contribution >= 4 is 33.4 Å². The predicted octanol–water partition coefficient (Wildman–Crippen LogP) is 1.52. The van der Waals surface area contributed by atoms with Crippen LogP contribution in [-0.2, 0) is 4.79 Å². The van der Waals surface area contributed by atoms with Crippen molar-refractivity contribution in [3.8, 4) is 0 Å². The Kier molecular flexibility index (Phi) is 5.14. The lowest BCUT2D eigenvalue weighted by atomic mass is 10.2. The average Bonchev–Trinajstić information content (AvgIpc) is 3.07. The fourth-order valence-corrected chi connectivity index (χ4v) is 2.87. The molecule has 1 N–H and O–H groups in total. The van der Waals surface area contributed by atoms with Crippen molar-refractivity contribution < 1.29 is 14.0 Å². The molecule has 8 heteroatoms. The van der Waals surface area contributed by atoms with E-state index in [-0.39, 0.29) is 18.2 Å². The summed E-state index contributed by atoms with van der Waals surface area (Å²) in [6.07, 6.45) is 3.52. The molecule has 126 valence electrons. The second kappa shape index (κ2) is 7.48. The summed E-state index contributed by atoms with van der Waals surface area (Å²) < 4.78 is 5.63. The van der Waals surface area contributed by atoms with Crippen molar-refractivity contribution in [3.63, 3.8) is 0 Å². The Morgan fingerprint density at radius 1 is 1.12 bits per heavy atom. The van der Waals surface area contributed by atoms with Crippen molar-refractivity contribution in [1.29, 1.82) is 0 Å². The van der Waals surface area contributed by atoms with Crippen LogP contribution in [0.5, 0.6) is 0 Å². The van der Waals surface area contributed by atoms with Crippen LogP contribution in [0.4, 0.5) is 5.69 Å². The maximum absolute atomic E-state index is 12.2. The second-order valence-corrected chi connectivity index (χ2v) is 6.14. The Labute approximate surface area is 147 Å². The second-order valence-electron chi connectivity index (χ2n) is 5.36. The van der Waals surface area contributed by atoms with Crippen LogP contribution in [0.2, 0.25) is 0 Å². The first-order chi connectivity index (χ1) is 11.6. The molecule has 0 aromatic carbocycles. The molecule has 2 amide bonds. The zero-order valence-corrected chi connectivity index (χ0v) is 14.5. The van der Waals surface area contributed by atoms with E-state index in [4.69, 9.17) is 4.42 Å². The summed E-state index contributed by atoms with van der Waals surface area (Å²) in [5, 5.41) is 2.59. The van der Waals surface area contributed by atoms with Crippen molar-refractivity contribution in [2.45, 2.75) is 0 Å². The number of pyridine rings is 1. The van der Waals surface area contributed by atoms with E-state index in [0.29, 0.717) is 17.8 Å². The van der Waals surface area contributed by atoms with E-state index in [0.717, 1.165) is 18.8 Å². The van der Waals surface area contributed by atoms with Gasteiger partial charge in [0.25, 0.3) is 5.91 Å². The van der Waals surface area contributed by atoms with Gasteiger partial charge in [-0.15, -0.1) is 0 Å². The number of carbonyl (C=O) groups is 2. The molecule has 2 aromatic heterocycles. The number of nitrogens with one attached hydrogen (secondary N) is 1. The van der Waals surface area contributed by atoms with Crippen molar-refractivity contribution in [2.24, 2.45) is 0 Å². The molecule has 3 heterocycles. The fraction of sp³-hybridized carbons (Fsp3) is 0.312. The minimum atomic E-state index is -0.399. The van der Waals surface area contributed by atoms with E-state index in [1.165, 1.54) is 0 Å². The summed E-state index contributed by atoms with van der Waals surface area (Å²) in [5.41, 5.74) is 1.11. The highest BCUT2D eigenvalue weighted by atomic mass is 79.9. The van der Waals surface area contributed by atoms with Crippen LogP contribution in [0.3, 0.4) is 0 Å². The summed E-state index contributed by atoms with van der Waals surface area (Å²) in [7, 11) is 0. The molecule has 2 aromatic rings. The maximum Gasteiger partial charge on any atom is 0.287 e. The normalized spacial score (nSPS) is 14.5. The quantitative estimate of drug-likeness (QED) is 0.852. The molecule has 0 radical (unpaired) electrons.